The van der Waals surface area contributed by atoms with Gasteiger partial charge in [-0.2, -0.15) is 5.26 Å². The predicted molar refractivity (Wildman–Crippen MR) is 131 cm³/mol. The van der Waals surface area contributed by atoms with Crippen molar-refractivity contribution < 1.29 is 32.2 Å². The van der Waals surface area contributed by atoms with Crippen molar-refractivity contribution in [3.8, 4) is 17.6 Å². The summed E-state index contributed by atoms with van der Waals surface area (Å²) in [5.41, 5.74) is -0.345. The van der Waals surface area contributed by atoms with Crippen molar-refractivity contribution in [2.75, 3.05) is 19.5 Å². The van der Waals surface area contributed by atoms with Crippen molar-refractivity contribution >= 4 is 33.3 Å². The molecule has 1 saturated heterocycles. The lowest BCUT2D eigenvalue weighted by Crippen LogP contribution is -2.51. The van der Waals surface area contributed by atoms with Crippen molar-refractivity contribution in [2.45, 2.75) is 47.9 Å². The SMILES string of the molecule is CS(=O)(=O)c1ccc2c(c1)C(=O)N[C@H](C(=O)NC1(C#N)CC1)Cc1ccc(c(Cl)c1)OC[C@H]1O[C@@H]1CO2. The van der Waals surface area contributed by atoms with Gasteiger partial charge in [0.25, 0.3) is 5.91 Å². The highest BCUT2D eigenvalue weighted by atomic mass is 35.5. The number of carbonyl (C=O) groups is 2. The van der Waals surface area contributed by atoms with Gasteiger partial charge in [-0.05, 0) is 48.7 Å². The third-order valence-corrected chi connectivity index (χ3v) is 7.91. The normalized spacial score (nSPS) is 24.2. The van der Waals surface area contributed by atoms with Crippen LogP contribution in [0.15, 0.2) is 41.3 Å². The third kappa shape index (κ3) is 5.66. The summed E-state index contributed by atoms with van der Waals surface area (Å²) in [4.78, 5) is 26.6. The molecule has 1 aliphatic carbocycles. The minimum Gasteiger partial charge on any atom is -0.490 e. The second kappa shape index (κ2) is 9.52. The van der Waals surface area contributed by atoms with Crippen LogP contribution in [0.4, 0.5) is 0 Å². The molecule has 194 valence electrons. The first-order valence-corrected chi connectivity index (χ1v) is 13.9. The number of fused-ring (bicyclic) bond motifs is 7. The summed E-state index contributed by atoms with van der Waals surface area (Å²) in [6.45, 7) is 0.350. The molecule has 0 aromatic heterocycles. The summed E-state index contributed by atoms with van der Waals surface area (Å²) in [5, 5.41) is 15.2. The number of sulfone groups is 1. The molecule has 10 nitrogen and oxygen atoms in total. The smallest absolute Gasteiger partial charge is 0.255 e. The van der Waals surface area contributed by atoms with Gasteiger partial charge in [0.05, 0.1) is 21.6 Å². The Morgan fingerprint density at radius 1 is 1.14 bits per heavy atom. The first kappa shape index (κ1) is 25.3. The van der Waals surface area contributed by atoms with Crippen LogP contribution in [0.25, 0.3) is 0 Å². The van der Waals surface area contributed by atoms with Gasteiger partial charge in [0.2, 0.25) is 5.91 Å². The van der Waals surface area contributed by atoms with E-state index in [9.17, 15) is 23.3 Å². The summed E-state index contributed by atoms with van der Waals surface area (Å²) in [7, 11) is -3.62. The maximum atomic E-state index is 13.4. The topological polar surface area (TPSA) is 147 Å². The number of ether oxygens (including phenoxy) is 3. The highest BCUT2D eigenvalue weighted by Crippen LogP contribution is 2.35. The minimum atomic E-state index is -3.62. The van der Waals surface area contributed by atoms with Gasteiger partial charge in [-0.3, -0.25) is 9.59 Å². The van der Waals surface area contributed by atoms with Crippen LogP contribution in [0.5, 0.6) is 11.5 Å². The van der Waals surface area contributed by atoms with E-state index in [4.69, 9.17) is 25.8 Å². The molecule has 0 spiro atoms. The van der Waals surface area contributed by atoms with Gasteiger partial charge in [0.1, 0.15) is 48.5 Å². The number of halogens is 1. The first-order valence-electron chi connectivity index (χ1n) is 11.6. The van der Waals surface area contributed by atoms with Crippen LogP contribution in [0, 0.1) is 11.3 Å². The maximum absolute atomic E-state index is 13.4. The van der Waals surface area contributed by atoms with E-state index in [1.807, 2.05) is 0 Å². The van der Waals surface area contributed by atoms with Crippen molar-refractivity contribution in [3.05, 3.63) is 52.5 Å². The Kier molecular flexibility index (Phi) is 6.52. The summed E-state index contributed by atoms with van der Waals surface area (Å²) < 4.78 is 41.5. The number of nitrogens with one attached hydrogen (secondary N) is 2. The molecule has 6 rings (SSSR count). The molecule has 2 N–H and O–H groups in total. The Morgan fingerprint density at radius 2 is 1.81 bits per heavy atom. The number of hydrogen-bond acceptors (Lipinski definition) is 8. The van der Waals surface area contributed by atoms with E-state index in [1.165, 1.54) is 18.2 Å². The van der Waals surface area contributed by atoms with Crippen LogP contribution < -0.4 is 20.1 Å². The molecule has 3 heterocycles. The minimum absolute atomic E-state index is 0.0453. The molecule has 2 amide bonds. The molecular weight excluding hydrogens is 522 g/mol. The Balaban J connectivity index is 1.51. The van der Waals surface area contributed by atoms with Gasteiger partial charge in [-0.1, -0.05) is 17.7 Å². The van der Waals surface area contributed by atoms with Gasteiger partial charge in [-0.15, -0.1) is 0 Å². The zero-order chi connectivity index (χ0) is 26.4. The summed E-state index contributed by atoms with van der Waals surface area (Å²) in [6.07, 6.45) is 1.63. The predicted octanol–water partition coefficient (Wildman–Crippen LogP) is 1.80. The van der Waals surface area contributed by atoms with E-state index in [2.05, 4.69) is 16.7 Å². The Morgan fingerprint density at radius 3 is 2.43 bits per heavy atom. The fourth-order valence-corrected chi connectivity index (χ4v) is 4.95. The average Bonchev–Trinajstić information content (AvgIpc) is 3.77. The monoisotopic (exact) mass is 545 g/mol. The highest BCUT2D eigenvalue weighted by molar-refractivity contribution is 7.90. The van der Waals surface area contributed by atoms with Crippen LogP contribution >= 0.6 is 11.6 Å². The zero-order valence-electron chi connectivity index (χ0n) is 19.8. The number of carbonyl (C=O) groups excluding carboxylic acids is 2. The number of nitriles is 1. The van der Waals surface area contributed by atoms with Gasteiger partial charge < -0.3 is 24.8 Å². The number of hydrogen-bond donors (Lipinski definition) is 2. The van der Waals surface area contributed by atoms with E-state index < -0.39 is 33.2 Å². The van der Waals surface area contributed by atoms with Crippen molar-refractivity contribution in [1.29, 1.82) is 5.26 Å². The number of rotatable bonds is 3. The van der Waals surface area contributed by atoms with Crippen molar-refractivity contribution in [2.24, 2.45) is 0 Å². The second-order valence-corrected chi connectivity index (χ2v) is 11.9. The third-order valence-electron chi connectivity index (χ3n) is 6.50. The standard InChI is InChI=1S/C25H24ClN3O7S/c1-37(32,33)15-3-5-19-16(10-15)23(30)28-18(24(31)29-25(13-27)6-7-25)9-14-2-4-20(17(26)8-14)35-12-22-21(36-22)11-34-19/h2-5,8,10,18,21-22H,6-7,9,11-12H2,1H3,(H,28,30)(H,29,31)/t18-,21+,22+/m0/s1. The molecule has 2 aromatic carbocycles. The largest absolute Gasteiger partial charge is 0.490 e. The molecule has 4 aliphatic rings. The fourth-order valence-electron chi connectivity index (χ4n) is 4.04. The molecule has 0 radical (unpaired) electrons. The molecule has 1 saturated carbocycles. The Hall–Kier alpha value is -3.33. The molecule has 3 aliphatic heterocycles. The lowest BCUT2D eigenvalue weighted by atomic mass is 10.0. The van der Waals surface area contributed by atoms with Crippen LogP contribution in [-0.2, 0) is 25.8 Å². The van der Waals surface area contributed by atoms with Gasteiger partial charge in [0.15, 0.2) is 9.84 Å². The van der Waals surface area contributed by atoms with E-state index >= 15 is 0 Å². The van der Waals surface area contributed by atoms with E-state index in [0.717, 1.165) is 6.26 Å². The quantitative estimate of drug-likeness (QED) is 0.555. The highest BCUT2D eigenvalue weighted by Gasteiger charge is 2.46. The van der Waals surface area contributed by atoms with Crippen LogP contribution in [0.2, 0.25) is 5.02 Å². The Bertz CT molecular complexity index is 1420. The number of benzene rings is 2. The van der Waals surface area contributed by atoms with Crippen molar-refractivity contribution in [1.82, 2.24) is 10.6 Å². The Labute approximate surface area is 218 Å². The molecule has 2 fully saturated rings. The molecule has 0 unspecified atom stereocenters. The number of amides is 2. The van der Waals surface area contributed by atoms with E-state index in [-0.39, 0.29) is 48.1 Å². The summed E-state index contributed by atoms with van der Waals surface area (Å²) >= 11 is 6.40. The van der Waals surface area contributed by atoms with E-state index in [1.54, 1.807) is 18.2 Å². The molecule has 2 bridgehead atoms. The maximum Gasteiger partial charge on any atom is 0.255 e. The molecule has 37 heavy (non-hydrogen) atoms. The van der Waals surface area contributed by atoms with Crippen molar-refractivity contribution in [3.63, 3.8) is 0 Å². The fraction of sp³-hybridized carbons (Fsp3) is 0.400. The van der Waals surface area contributed by atoms with Gasteiger partial charge >= 0.3 is 0 Å². The lowest BCUT2D eigenvalue weighted by molar-refractivity contribution is -0.123. The summed E-state index contributed by atoms with van der Waals surface area (Å²) in [6, 6.07) is 10.1. The van der Waals surface area contributed by atoms with Crippen LogP contribution in [-0.4, -0.2) is 63.5 Å². The van der Waals surface area contributed by atoms with Gasteiger partial charge in [0, 0.05) is 12.7 Å². The number of epoxide rings is 1. The van der Waals surface area contributed by atoms with E-state index in [0.29, 0.717) is 29.2 Å². The van der Waals surface area contributed by atoms with Gasteiger partial charge in [-0.25, -0.2) is 8.42 Å². The number of nitrogens with zero attached hydrogens (tertiary/aromatic N) is 1. The molecule has 2 aromatic rings. The van der Waals surface area contributed by atoms with Crippen LogP contribution in [0.3, 0.4) is 0 Å². The zero-order valence-corrected chi connectivity index (χ0v) is 21.4. The lowest BCUT2D eigenvalue weighted by Gasteiger charge is -2.22. The average molecular weight is 546 g/mol. The first-order chi connectivity index (χ1) is 17.6. The second-order valence-electron chi connectivity index (χ2n) is 9.44. The molecular formula is C25H24ClN3O7S. The molecule has 3 atom stereocenters. The summed E-state index contributed by atoms with van der Waals surface area (Å²) in [5.74, 6) is -0.638. The van der Waals surface area contributed by atoms with Crippen LogP contribution in [0.1, 0.15) is 28.8 Å². The molecule has 12 heteroatoms.